The molecule has 114 valence electrons. The third kappa shape index (κ3) is 3.35. The van der Waals surface area contributed by atoms with Crippen molar-refractivity contribution in [3.8, 4) is 0 Å². The maximum Gasteiger partial charge on any atom is 0.263 e. The second kappa shape index (κ2) is 6.02. The number of hydrogen-bond acceptors (Lipinski definition) is 4. The van der Waals surface area contributed by atoms with E-state index < -0.39 is 0 Å². The fourth-order valence-corrected chi connectivity index (χ4v) is 3.06. The first-order chi connectivity index (χ1) is 9.88. The molecule has 0 bridgehead atoms. The van der Waals surface area contributed by atoms with Gasteiger partial charge >= 0.3 is 0 Å². The molecule has 0 atom stereocenters. The van der Waals surface area contributed by atoms with Crippen molar-refractivity contribution in [1.82, 2.24) is 10.3 Å². The molecule has 3 N–H and O–H groups in total. The Balaban J connectivity index is 2.36. The summed E-state index contributed by atoms with van der Waals surface area (Å²) in [5, 5.41) is 3.90. The van der Waals surface area contributed by atoms with Crippen LogP contribution in [-0.4, -0.2) is 16.4 Å². The predicted octanol–water partition coefficient (Wildman–Crippen LogP) is 3.75. The minimum absolute atomic E-state index is 0.112. The largest absolute Gasteiger partial charge is 0.397 e. The summed E-state index contributed by atoms with van der Waals surface area (Å²) in [5.41, 5.74) is 7.48. The number of nitrogens with one attached hydrogen (secondary N) is 1. The summed E-state index contributed by atoms with van der Waals surface area (Å²) >= 11 is 1.38. The van der Waals surface area contributed by atoms with Crippen LogP contribution in [0.3, 0.4) is 0 Å². The number of aryl methyl sites for hydroxylation is 1. The second-order valence-corrected chi connectivity index (χ2v) is 6.94. The Kier molecular flexibility index (Phi) is 4.52. The summed E-state index contributed by atoms with van der Waals surface area (Å²) in [7, 11) is 0. The van der Waals surface area contributed by atoms with Crippen LogP contribution in [-0.2, 0) is 6.42 Å². The first-order valence-electron chi connectivity index (χ1n) is 7.38. The minimum atomic E-state index is -0.236. The van der Waals surface area contributed by atoms with Crippen molar-refractivity contribution >= 4 is 33.1 Å². The number of thiophene rings is 1. The molecule has 0 aliphatic heterocycles. The number of fused-ring (bicyclic) bond motifs is 1. The highest BCUT2D eigenvalue weighted by Gasteiger charge is 2.23. The molecular formula is C16H23N3OS. The molecule has 0 unspecified atom stereocenters. The van der Waals surface area contributed by atoms with E-state index in [0.717, 1.165) is 35.2 Å². The molecule has 0 saturated heterocycles. The SMILES string of the molecule is CCCc1ccc2c(N)c(C(=O)NC(C)(C)CC)sc2n1. The van der Waals surface area contributed by atoms with Crippen molar-refractivity contribution in [3.05, 3.63) is 22.7 Å². The van der Waals surface area contributed by atoms with Crippen LogP contribution >= 0.6 is 11.3 Å². The molecular weight excluding hydrogens is 282 g/mol. The van der Waals surface area contributed by atoms with E-state index in [9.17, 15) is 4.79 Å². The lowest BCUT2D eigenvalue weighted by molar-refractivity contribution is 0.0916. The summed E-state index contributed by atoms with van der Waals surface area (Å²) in [5.74, 6) is -0.112. The number of anilines is 1. The van der Waals surface area contributed by atoms with Crippen molar-refractivity contribution in [1.29, 1.82) is 0 Å². The average Bonchev–Trinajstić information content (AvgIpc) is 2.76. The molecule has 0 fully saturated rings. The van der Waals surface area contributed by atoms with Gasteiger partial charge in [-0.2, -0.15) is 0 Å². The molecule has 0 aromatic carbocycles. The van der Waals surface area contributed by atoms with Gasteiger partial charge in [-0.3, -0.25) is 4.79 Å². The van der Waals surface area contributed by atoms with Crippen LogP contribution in [0.15, 0.2) is 12.1 Å². The van der Waals surface area contributed by atoms with Crippen LogP contribution in [0, 0.1) is 0 Å². The number of pyridine rings is 1. The Bertz CT molecular complexity index is 661. The van der Waals surface area contributed by atoms with Gasteiger partial charge in [-0.15, -0.1) is 11.3 Å². The Morgan fingerprint density at radius 2 is 2.10 bits per heavy atom. The van der Waals surface area contributed by atoms with Crippen LogP contribution in [0.2, 0.25) is 0 Å². The van der Waals surface area contributed by atoms with E-state index in [2.05, 4.69) is 17.2 Å². The highest BCUT2D eigenvalue weighted by molar-refractivity contribution is 7.21. The molecule has 2 aromatic heterocycles. The van der Waals surface area contributed by atoms with E-state index >= 15 is 0 Å². The molecule has 4 nitrogen and oxygen atoms in total. The smallest absolute Gasteiger partial charge is 0.263 e. The van der Waals surface area contributed by atoms with Gasteiger partial charge in [0.1, 0.15) is 9.71 Å². The van der Waals surface area contributed by atoms with E-state index in [0.29, 0.717) is 10.6 Å². The van der Waals surface area contributed by atoms with Crippen LogP contribution in [0.25, 0.3) is 10.2 Å². The van der Waals surface area contributed by atoms with Gasteiger partial charge in [-0.05, 0) is 38.8 Å². The Hall–Kier alpha value is -1.62. The number of nitrogens with zero attached hydrogens (tertiary/aromatic N) is 1. The maximum absolute atomic E-state index is 12.4. The standard InChI is InChI=1S/C16H23N3OS/c1-5-7-10-8-9-11-12(17)13(21-15(11)18-10)14(20)19-16(3,4)6-2/h8-9H,5-7,17H2,1-4H3,(H,19,20). The maximum atomic E-state index is 12.4. The number of nitrogen functional groups attached to an aromatic ring is 1. The zero-order valence-electron chi connectivity index (χ0n) is 13.1. The van der Waals surface area contributed by atoms with Crippen molar-refractivity contribution in [3.63, 3.8) is 0 Å². The van der Waals surface area contributed by atoms with Gasteiger partial charge < -0.3 is 11.1 Å². The lowest BCUT2D eigenvalue weighted by Crippen LogP contribution is -2.42. The summed E-state index contributed by atoms with van der Waals surface area (Å²) in [6.45, 7) is 8.19. The van der Waals surface area contributed by atoms with Gasteiger partial charge in [0.05, 0.1) is 5.69 Å². The summed E-state index contributed by atoms with van der Waals surface area (Å²) < 4.78 is 0. The van der Waals surface area contributed by atoms with Gasteiger partial charge in [0, 0.05) is 16.6 Å². The first kappa shape index (κ1) is 15.8. The van der Waals surface area contributed by atoms with Crippen LogP contribution < -0.4 is 11.1 Å². The van der Waals surface area contributed by atoms with E-state index in [1.54, 1.807) is 0 Å². The summed E-state index contributed by atoms with van der Waals surface area (Å²) in [6.07, 6.45) is 2.86. The molecule has 5 heteroatoms. The van der Waals surface area contributed by atoms with Crippen LogP contribution in [0.5, 0.6) is 0 Å². The van der Waals surface area contributed by atoms with Gasteiger partial charge in [0.25, 0.3) is 5.91 Å². The summed E-state index contributed by atoms with van der Waals surface area (Å²) in [4.78, 5) is 18.4. The normalized spacial score (nSPS) is 11.8. The molecule has 1 amide bonds. The van der Waals surface area contributed by atoms with E-state index in [-0.39, 0.29) is 11.4 Å². The van der Waals surface area contributed by atoms with Crippen LogP contribution in [0.4, 0.5) is 5.69 Å². The van der Waals surface area contributed by atoms with Crippen molar-refractivity contribution in [2.45, 2.75) is 52.5 Å². The van der Waals surface area contributed by atoms with Gasteiger partial charge in [0.15, 0.2) is 0 Å². The third-order valence-corrected chi connectivity index (χ3v) is 4.81. The minimum Gasteiger partial charge on any atom is -0.397 e. The van der Waals surface area contributed by atoms with E-state index in [4.69, 9.17) is 5.73 Å². The number of amides is 1. The highest BCUT2D eigenvalue weighted by atomic mass is 32.1. The molecule has 0 aliphatic carbocycles. The Morgan fingerprint density at radius 3 is 2.71 bits per heavy atom. The zero-order chi connectivity index (χ0) is 15.6. The monoisotopic (exact) mass is 305 g/mol. The van der Waals surface area contributed by atoms with Crippen molar-refractivity contribution < 1.29 is 4.79 Å². The lowest BCUT2D eigenvalue weighted by Gasteiger charge is -2.24. The molecule has 2 heterocycles. The Labute approximate surface area is 129 Å². The van der Waals surface area contributed by atoms with Crippen LogP contribution in [0.1, 0.15) is 55.9 Å². The van der Waals surface area contributed by atoms with E-state index in [1.807, 2.05) is 32.9 Å². The quantitative estimate of drug-likeness (QED) is 0.884. The number of hydrogen-bond donors (Lipinski definition) is 2. The molecule has 0 radical (unpaired) electrons. The Morgan fingerprint density at radius 1 is 1.38 bits per heavy atom. The molecule has 2 rings (SSSR count). The number of aromatic nitrogens is 1. The molecule has 0 aliphatic rings. The third-order valence-electron chi connectivity index (χ3n) is 3.70. The number of carbonyl (C=O) groups is 1. The predicted molar refractivity (Wildman–Crippen MR) is 89.9 cm³/mol. The molecule has 21 heavy (non-hydrogen) atoms. The average molecular weight is 305 g/mol. The second-order valence-electron chi connectivity index (χ2n) is 5.94. The molecule has 2 aromatic rings. The zero-order valence-corrected chi connectivity index (χ0v) is 13.9. The fourth-order valence-electron chi connectivity index (χ4n) is 2.05. The number of nitrogens with two attached hydrogens (primary N) is 1. The van der Waals surface area contributed by atoms with Gasteiger partial charge in [0.2, 0.25) is 0 Å². The number of rotatable bonds is 5. The highest BCUT2D eigenvalue weighted by Crippen LogP contribution is 2.33. The summed E-state index contributed by atoms with van der Waals surface area (Å²) in [6, 6.07) is 3.97. The number of carbonyl (C=O) groups excluding carboxylic acids is 1. The van der Waals surface area contributed by atoms with Gasteiger partial charge in [-0.1, -0.05) is 20.3 Å². The van der Waals surface area contributed by atoms with Crippen molar-refractivity contribution in [2.24, 2.45) is 0 Å². The van der Waals surface area contributed by atoms with Gasteiger partial charge in [-0.25, -0.2) is 4.98 Å². The molecule has 0 spiro atoms. The fraction of sp³-hybridized carbons (Fsp3) is 0.500. The first-order valence-corrected chi connectivity index (χ1v) is 8.20. The lowest BCUT2D eigenvalue weighted by atomic mass is 10.0. The topological polar surface area (TPSA) is 68.0 Å². The molecule has 0 saturated carbocycles. The van der Waals surface area contributed by atoms with Crippen molar-refractivity contribution in [2.75, 3.05) is 5.73 Å². The van der Waals surface area contributed by atoms with E-state index in [1.165, 1.54) is 11.3 Å².